The van der Waals surface area contributed by atoms with Gasteiger partial charge in [-0.2, -0.15) is 0 Å². The van der Waals surface area contributed by atoms with Crippen molar-refractivity contribution in [1.82, 2.24) is 0 Å². The van der Waals surface area contributed by atoms with E-state index in [1.54, 1.807) is 0 Å². The molecule has 0 saturated carbocycles. The predicted octanol–water partition coefficient (Wildman–Crippen LogP) is 14.0. The molecule has 0 amide bonds. The van der Waals surface area contributed by atoms with E-state index in [0.29, 0.717) is 0 Å². The van der Waals surface area contributed by atoms with E-state index in [0.717, 1.165) is 83.2 Å². The molecule has 2 aromatic heterocycles. The summed E-state index contributed by atoms with van der Waals surface area (Å²) in [6.07, 6.45) is 0. The summed E-state index contributed by atoms with van der Waals surface area (Å²) in [6.45, 7) is 0. The average molecular weight is 654 g/mol. The highest BCUT2D eigenvalue weighted by atomic mass is 16.3. The normalized spacial score (nSPS) is 11.5. The summed E-state index contributed by atoms with van der Waals surface area (Å²) in [4.78, 5) is 2.31. The van der Waals surface area contributed by atoms with E-state index >= 15 is 0 Å². The van der Waals surface area contributed by atoms with Crippen LogP contribution in [0.5, 0.6) is 0 Å². The fourth-order valence-corrected chi connectivity index (χ4v) is 7.30. The number of hydrogen-bond acceptors (Lipinski definition) is 3. The first kappa shape index (κ1) is 29.1. The second kappa shape index (κ2) is 11.9. The molecule has 10 rings (SSSR count). The Hall–Kier alpha value is -6.84. The fraction of sp³-hybridized carbons (Fsp3) is 0. The standard InChI is InChI=1S/C48H31NO2/c1-2-8-32(9-3-1)33-14-22-38(23-15-33)49(39-24-16-34(17-25-39)36-20-28-43-41-10-4-6-12-45(41)50-47(43)30-36)40-26-18-35(19-27-40)37-21-29-44-42-11-5-7-13-46(42)51-48(44)31-37/h1-31H. The van der Waals surface area contributed by atoms with Crippen LogP contribution in [0.1, 0.15) is 0 Å². The number of benzene rings is 8. The Balaban J connectivity index is 1.01. The van der Waals surface area contributed by atoms with Gasteiger partial charge < -0.3 is 13.7 Å². The van der Waals surface area contributed by atoms with Crippen molar-refractivity contribution in [1.29, 1.82) is 0 Å². The third-order valence-corrected chi connectivity index (χ3v) is 9.91. The minimum atomic E-state index is 0.900. The molecule has 0 aliphatic heterocycles. The SMILES string of the molecule is c1ccc(-c2ccc(N(c3ccc(-c4ccc5c(c4)oc4ccccc45)cc3)c3ccc(-c4ccc5c(c4)oc4ccccc45)cc3)cc2)cc1. The van der Waals surface area contributed by atoms with Crippen LogP contribution in [0.15, 0.2) is 197 Å². The molecular formula is C48H31NO2. The summed E-state index contributed by atoms with van der Waals surface area (Å²) in [5, 5.41) is 4.56. The summed E-state index contributed by atoms with van der Waals surface area (Å²) < 4.78 is 12.4. The van der Waals surface area contributed by atoms with Crippen molar-refractivity contribution in [3.05, 3.63) is 188 Å². The van der Waals surface area contributed by atoms with E-state index in [4.69, 9.17) is 8.83 Å². The Morgan fingerprint density at radius 3 is 1.04 bits per heavy atom. The van der Waals surface area contributed by atoms with Crippen LogP contribution < -0.4 is 4.90 Å². The molecule has 2 heterocycles. The maximum absolute atomic E-state index is 6.20. The lowest BCUT2D eigenvalue weighted by Gasteiger charge is -2.26. The highest BCUT2D eigenvalue weighted by molar-refractivity contribution is 6.07. The number of para-hydroxylation sites is 2. The van der Waals surface area contributed by atoms with E-state index in [1.165, 1.54) is 11.1 Å². The summed E-state index contributed by atoms with van der Waals surface area (Å²) in [6, 6.07) is 66.3. The number of hydrogen-bond donors (Lipinski definition) is 0. The third-order valence-electron chi connectivity index (χ3n) is 9.91. The van der Waals surface area contributed by atoms with Crippen molar-refractivity contribution < 1.29 is 8.83 Å². The maximum atomic E-state index is 6.20. The van der Waals surface area contributed by atoms with Gasteiger partial charge in [-0.3, -0.25) is 0 Å². The van der Waals surface area contributed by atoms with Crippen LogP contribution in [-0.2, 0) is 0 Å². The molecule has 0 spiro atoms. The van der Waals surface area contributed by atoms with E-state index in [9.17, 15) is 0 Å². The Morgan fingerprint density at radius 2 is 0.588 bits per heavy atom. The van der Waals surface area contributed by atoms with Gasteiger partial charge in [0.05, 0.1) is 0 Å². The topological polar surface area (TPSA) is 29.5 Å². The quantitative estimate of drug-likeness (QED) is 0.179. The van der Waals surface area contributed by atoms with Gasteiger partial charge in [-0.25, -0.2) is 0 Å². The van der Waals surface area contributed by atoms with Gasteiger partial charge in [0.1, 0.15) is 22.3 Å². The molecule has 0 aliphatic rings. The molecule has 0 radical (unpaired) electrons. The van der Waals surface area contributed by atoms with E-state index in [-0.39, 0.29) is 0 Å². The first-order valence-corrected chi connectivity index (χ1v) is 17.2. The molecule has 240 valence electrons. The average Bonchev–Trinajstić information content (AvgIpc) is 3.77. The number of fused-ring (bicyclic) bond motifs is 6. The number of nitrogens with zero attached hydrogens (tertiary/aromatic N) is 1. The van der Waals surface area contributed by atoms with Crippen molar-refractivity contribution in [2.45, 2.75) is 0 Å². The second-order valence-electron chi connectivity index (χ2n) is 13.0. The van der Waals surface area contributed by atoms with Crippen LogP contribution in [0.25, 0.3) is 77.3 Å². The largest absolute Gasteiger partial charge is 0.456 e. The van der Waals surface area contributed by atoms with E-state index in [2.05, 4.69) is 169 Å². The Morgan fingerprint density at radius 1 is 0.255 bits per heavy atom. The maximum Gasteiger partial charge on any atom is 0.136 e. The summed E-state index contributed by atoms with van der Waals surface area (Å²) in [5.74, 6) is 0. The molecule has 51 heavy (non-hydrogen) atoms. The van der Waals surface area contributed by atoms with Crippen molar-refractivity contribution >= 4 is 60.9 Å². The van der Waals surface area contributed by atoms with Gasteiger partial charge >= 0.3 is 0 Å². The van der Waals surface area contributed by atoms with Crippen molar-refractivity contribution in [2.75, 3.05) is 4.90 Å². The minimum Gasteiger partial charge on any atom is -0.456 e. The lowest BCUT2D eigenvalue weighted by molar-refractivity contribution is 0.668. The lowest BCUT2D eigenvalue weighted by atomic mass is 10.0. The molecule has 0 fully saturated rings. The zero-order valence-corrected chi connectivity index (χ0v) is 27.7. The zero-order valence-electron chi connectivity index (χ0n) is 27.7. The molecule has 0 unspecified atom stereocenters. The monoisotopic (exact) mass is 653 g/mol. The van der Waals surface area contributed by atoms with Crippen LogP contribution in [0.3, 0.4) is 0 Å². The molecule has 3 nitrogen and oxygen atoms in total. The van der Waals surface area contributed by atoms with Gasteiger partial charge in [0, 0.05) is 38.6 Å². The van der Waals surface area contributed by atoms with Gasteiger partial charge in [0.15, 0.2) is 0 Å². The van der Waals surface area contributed by atoms with Gasteiger partial charge in [-0.15, -0.1) is 0 Å². The highest BCUT2D eigenvalue weighted by Gasteiger charge is 2.15. The Labute approximate surface area is 295 Å². The van der Waals surface area contributed by atoms with Gasteiger partial charge in [0.25, 0.3) is 0 Å². The van der Waals surface area contributed by atoms with Crippen LogP contribution in [0, 0.1) is 0 Å². The summed E-state index contributed by atoms with van der Waals surface area (Å²) >= 11 is 0. The van der Waals surface area contributed by atoms with E-state index < -0.39 is 0 Å². The first-order chi connectivity index (χ1) is 25.2. The number of anilines is 3. The molecule has 0 atom stereocenters. The smallest absolute Gasteiger partial charge is 0.136 e. The molecule has 3 heteroatoms. The van der Waals surface area contributed by atoms with Gasteiger partial charge in [0.2, 0.25) is 0 Å². The first-order valence-electron chi connectivity index (χ1n) is 17.2. The lowest BCUT2D eigenvalue weighted by Crippen LogP contribution is -2.09. The van der Waals surface area contributed by atoms with Gasteiger partial charge in [-0.05, 0) is 106 Å². The molecule has 0 N–H and O–H groups in total. The summed E-state index contributed by atoms with van der Waals surface area (Å²) in [7, 11) is 0. The van der Waals surface area contributed by atoms with Crippen LogP contribution >= 0.6 is 0 Å². The molecule has 8 aromatic carbocycles. The highest BCUT2D eigenvalue weighted by Crippen LogP contribution is 2.39. The second-order valence-corrected chi connectivity index (χ2v) is 13.0. The molecule has 10 aromatic rings. The van der Waals surface area contributed by atoms with Crippen molar-refractivity contribution in [2.24, 2.45) is 0 Å². The molecule has 0 saturated heterocycles. The van der Waals surface area contributed by atoms with Crippen molar-refractivity contribution in [3.8, 4) is 33.4 Å². The Bertz CT molecular complexity index is 2670. The van der Waals surface area contributed by atoms with Crippen LogP contribution in [0.4, 0.5) is 17.1 Å². The summed E-state index contributed by atoms with van der Waals surface area (Å²) in [5.41, 5.74) is 13.8. The number of rotatable bonds is 6. The van der Waals surface area contributed by atoms with Gasteiger partial charge in [-0.1, -0.05) is 115 Å². The molecular weight excluding hydrogens is 623 g/mol. The minimum absolute atomic E-state index is 0.900. The van der Waals surface area contributed by atoms with Crippen molar-refractivity contribution in [3.63, 3.8) is 0 Å². The molecule has 0 bridgehead atoms. The van der Waals surface area contributed by atoms with Crippen LogP contribution in [0.2, 0.25) is 0 Å². The number of furan rings is 2. The third kappa shape index (κ3) is 5.15. The zero-order chi connectivity index (χ0) is 33.7. The van der Waals surface area contributed by atoms with E-state index in [1.807, 2.05) is 24.3 Å². The molecule has 0 aliphatic carbocycles. The van der Waals surface area contributed by atoms with Crippen LogP contribution in [-0.4, -0.2) is 0 Å². The fourth-order valence-electron chi connectivity index (χ4n) is 7.30. The predicted molar refractivity (Wildman–Crippen MR) is 212 cm³/mol. The Kier molecular flexibility index (Phi) is 6.81.